The summed E-state index contributed by atoms with van der Waals surface area (Å²) >= 11 is 5.69. The predicted octanol–water partition coefficient (Wildman–Crippen LogP) is 3.07. The fourth-order valence-electron chi connectivity index (χ4n) is 1.18. The van der Waals surface area contributed by atoms with Crippen LogP contribution in [0.2, 0.25) is 5.02 Å². The van der Waals surface area contributed by atoms with Crippen LogP contribution in [0.3, 0.4) is 0 Å². The minimum absolute atomic E-state index is 0.0304. The molecule has 0 unspecified atom stereocenters. The van der Waals surface area contributed by atoms with Gasteiger partial charge in [-0.25, -0.2) is 0 Å². The fraction of sp³-hybridized carbons (Fsp3) is 0.300. The van der Waals surface area contributed by atoms with E-state index in [0.717, 1.165) is 0 Å². The largest absolute Gasteiger partial charge is 0.433 e. The molecule has 0 heterocycles. The van der Waals surface area contributed by atoms with Gasteiger partial charge in [-0.3, -0.25) is 4.79 Å². The molecule has 0 atom stereocenters. The van der Waals surface area contributed by atoms with Crippen LogP contribution in [0.15, 0.2) is 18.2 Å². The van der Waals surface area contributed by atoms with Crippen molar-refractivity contribution < 1.29 is 18.3 Å². The fourth-order valence-corrected chi connectivity index (χ4v) is 1.42. The number of halogens is 3. The first kappa shape index (κ1) is 11.9. The summed E-state index contributed by atoms with van der Waals surface area (Å²) in [4.78, 5) is 10.9. The van der Waals surface area contributed by atoms with Crippen LogP contribution in [0, 0.1) is 0 Å². The SMILES string of the molecule is CC(=O)Cc1cccc(Cl)c1OC(F)F. The number of hydrogen-bond donors (Lipinski definition) is 0. The molecule has 1 aromatic rings. The third kappa shape index (κ3) is 3.47. The maximum Gasteiger partial charge on any atom is 0.387 e. The molecule has 1 aromatic carbocycles. The number of hydrogen-bond acceptors (Lipinski definition) is 2. The topological polar surface area (TPSA) is 26.3 Å². The molecule has 82 valence electrons. The van der Waals surface area contributed by atoms with Crippen molar-refractivity contribution in [3.05, 3.63) is 28.8 Å². The molecule has 0 aliphatic heterocycles. The van der Waals surface area contributed by atoms with Gasteiger partial charge < -0.3 is 4.74 Å². The second-order valence-electron chi connectivity index (χ2n) is 2.99. The molecule has 0 saturated carbocycles. The van der Waals surface area contributed by atoms with Crippen LogP contribution in [-0.2, 0) is 11.2 Å². The van der Waals surface area contributed by atoms with Crippen LogP contribution >= 0.6 is 11.6 Å². The van der Waals surface area contributed by atoms with E-state index in [4.69, 9.17) is 11.6 Å². The lowest BCUT2D eigenvalue weighted by Crippen LogP contribution is -2.07. The number of benzene rings is 1. The van der Waals surface area contributed by atoms with Gasteiger partial charge in [-0.15, -0.1) is 0 Å². The Labute approximate surface area is 90.8 Å². The molecule has 0 fully saturated rings. The highest BCUT2D eigenvalue weighted by atomic mass is 35.5. The van der Waals surface area contributed by atoms with Gasteiger partial charge in [0.15, 0.2) is 0 Å². The highest BCUT2D eigenvalue weighted by Gasteiger charge is 2.14. The van der Waals surface area contributed by atoms with Crippen molar-refractivity contribution in [2.45, 2.75) is 20.0 Å². The van der Waals surface area contributed by atoms with E-state index < -0.39 is 6.61 Å². The number of para-hydroxylation sites is 1. The van der Waals surface area contributed by atoms with Crippen molar-refractivity contribution in [3.8, 4) is 5.75 Å². The van der Waals surface area contributed by atoms with Crippen LogP contribution < -0.4 is 4.74 Å². The van der Waals surface area contributed by atoms with Gasteiger partial charge in [0, 0.05) is 12.0 Å². The third-order valence-corrected chi connectivity index (χ3v) is 1.99. The van der Waals surface area contributed by atoms with Crippen LogP contribution in [0.5, 0.6) is 5.75 Å². The number of alkyl halides is 2. The molecular weight excluding hydrogens is 226 g/mol. The van der Waals surface area contributed by atoms with E-state index >= 15 is 0 Å². The maximum atomic E-state index is 12.1. The zero-order valence-corrected chi connectivity index (χ0v) is 8.72. The van der Waals surface area contributed by atoms with Gasteiger partial charge in [0.25, 0.3) is 0 Å². The lowest BCUT2D eigenvalue weighted by molar-refractivity contribution is -0.116. The number of carbonyl (C=O) groups is 1. The van der Waals surface area contributed by atoms with E-state index in [0.29, 0.717) is 5.56 Å². The summed E-state index contributed by atoms with van der Waals surface area (Å²) in [6, 6.07) is 4.55. The Morgan fingerprint density at radius 1 is 1.53 bits per heavy atom. The van der Waals surface area contributed by atoms with Crippen LogP contribution in [0.25, 0.3) is 0 Å². The monoisotopic (exact) mass is 234 g/mol. The first-order valence-electron chi connectivity index (χ1n) is 4.22. The molecule has 0 N–H and O–H groups in total. The summed E-state index contributed by atoms with van der Waals surface area (Å²) in [5.74, 6) is -0.263. The minimum atomic E-state index is -2.95. The second-order valence-corrected chi connectivity index (χ2v) is 3.39. The number of rotatable bonds is 4. The lowest BCUT2D eigenvalue weighted by Gasteiger charge is -2.10. The van der Waals surface area contributed by atoms with Crippen molar-refractivity contribution in [3.63, 3.8) is 0 Å². The number of ketones is 1. The standard InChI is InChI=1S/C10H9ClF2O2/c1-6(14)5-7-3-2-4-8(11)9(7)15-10(12)13/h2-4,10H,5H2,1H3. The molecule has 0 saturated heterocycles. The van der Waals surface area contributed by atoms with Gasteiger partial charge >= 0.3 is 6.61 Å². The van der Waals surface area contributed by atoms with Crippen LogP contribution in [0.1, 0.15) is 12.5 Å². The Hall–Kier alpha value is -1.16. The molecule has 1 rings (SSSR count). The normalized spacial score (nSPS) is 10.5. The van der Waals surface area contributed by atoms with E-state index in [1.54, 1.807) is 6.07 Å². The van der Waals surface area contributed by atoms with Crippen molar-refractivity contribution in [2.75, 3.05) is 0 Å². The van der Waals surface area contributed by atoms with Crippen LogP contribution in [-0.4, -0.2) is 12.4 Å². The molecule has 0 aliphatic rings. The molecule has 0 aromatic heterocycles. The third-order valence-electron chi connectivity index (χ3n) is 1.69. The summed E-state index contributed by atoms with van der Waals surface area (Å²) in [6.45, 7) is -1.58. The Kier molecular flexibility index (Phi) is 4.03. The molecule has 2 nitrogen and oxygen atoms in total. The van der Waals surface area contributed by atoms with Crippen molar-refractivity contribution in [1.82, 2.24) is 0 Å². The molecule has 0 amide bonds. The van der Waals surface area contributed by atoms with Gasteiger partial charge in [0.1, 0.15) is 11.5 Å². The molecule has 0 bridgehead atoms. The van der Waals surface area contributed by atoms with Gasteiger partial charge in [0.2, 0.25) is 0 Å². The highest BCUT2D eigenvalue weighted by molar-refractivity contribution is 6.32. The van der Waals surface area contributed by atoms with E-state index in [1.807, 2.05) is 0 Å². The average Bonchev–Trinajstić information content (AvgIpc) is 2.09. The Morgan fingerprint density at radius 3 is 2.73 bits per heavy atom. The van der Waals surface area contributed by atoms with Crippen molar-refractivity contribution >= 4 is 17.4 Å². The molecule has 15 heavy (non-hydrogen) atoms. The van der Waals surface area contributed by atoms with E-state index in [1.165, 1.54) is 19.1 Å². The van der Waals surface area contributed by atoms with Gasteiger partial charge in [-0.1, -0.05) is 23.7 Å². The smallest absolute Gasteiger partial charge is 0.387 e. The Bertz CT molecular complexity index is 366. The van der Waals surface area contributed by atoms with Gasteiger partial charge in [-0.2, -0.15) is 8.78 Å². The number of Topliss-reactive ketones (excluding diaryl/α,β-unsaturated/α-hetero) is 1. The summed E-state index contributed by atoms with van der Waals surface area (Å²) in [5.41, 5.74) is 0.371. The van der Waals surface area contributed by atoms with Gasteiger partial charge in [-0.05, 0) is 13.0 Å². The quantitative estimate of drug-likeness (QED) is 0.800. The zero-order valence-electron chi connectivity index (χ0n) is 7.97. The van der Waals surface area contributed by atoms with Crippen LogP contribution in [0.4, 0.5) is 8.78 Å². The Balaban J connectivity index is 3.02. The molecular formula is C10H9ClF2O2. The summed E-state index contributed by atoms with van der Waals surface area (Å²) < 4.78 is 28.4. The van der Waals surface area contributed by atoms with Crippen molar-refractivity contribution in [2.24, 2.45) is 0 Å². The lowest BCUT2D eigenvalue weighted by atomic mass is 10.1. The minimum Gasteiger partial charge on any atom is -0.433 e. The first-order valence-corrected chi connectivity index (χ1v) is 4.60. The van der Waals surface area contributed by atoms with E-state index in [9.17, 15) is 13.6 Å². The van der Waals surface area contributed by atoms with Gasteiger partial charge in [0.05, 0.1) is 5.02 Å². The summed E-state index contributed by atoms with van der Waals surface area (Å²) in [7, 11) is 0. The molecule has 0 radical (unpaired) electrons. The van der Waals surface area contributed by atoms with Crippen molar-refractivity contribution in [1.29, 1.82) is 0 Å². The van der Waals surface area contributed by atoms with E-state index in [-0.39, 0.29) is 23.0 Å². The molecule has 5 heteroatoms. The summed E-state index contributed by atoms with van der Waals surface area (Å²) in [6.07, 6.45) is 0.0304. The molecule has 0 aliphatic carbocycles. The highest BCUT2D eigenvalue weighted by Crippen LogP contribution is 2.30. The number of carbonyl (C=O) groups excluding carboxylic acids is 1. The zero-order chi connectivity index (χ0) is 11.4. The second kappa shape index (κ2) is 5.07. The average molecular weight is 235 g/mol. The van der Waals surface area contributed by atoms with E-state index in [2.05, 4.69) is 4.74 Å². The first-order chi connectivity index (χ1) is 7.00. The summed E-state index contributed by atoms with van der Waals surface area (Å²) in [5, 5.41) is 0.0778. The Morgan fingerprint density at radius 2 is 2.20 bits per heavy atom. The maximum absolute atomic E-state index is 12.1. The predicted molar refractivity (Wildman–Crippen MR) is 52.5 cm³/mol. The molecule has 0 spiro atoms. The number of ether oxygens (including phenoxy) is 1.